The fourth-order valence-corrected chi connectivity index (χ4v) is 6.00. The van der Waals surface area contributed by atoms with E-state index in [1.165, 1.54) is 72.8 Å². The molecule has 0 saturated carbocycles. The molecular weight excluding hydrogens is 993 g/mol. The third-order valence-electron chi connectivity index (χ3n) is 9.34. The Labute approximate surface area is 441 Å². The lowest BCUT2D eigenvalue weighted by Gasteiger charge is -2.23. The van der Waals surface area contributed by atoms with Gasteiger partial charge in [-0.25, -0.2) is 33.6 Å². The van der Waals surface area contributed by atoms with Gasteiger partial charge in [-0.2, -0.15) is 0 Å². The number of ether oxygens (including phenoxy) is 7. The summed E-state index contributed by atoms with van der Waals surface area (Å²) in [5.41, 5.74) is -2.67. The summed E-state index contributed by atoms with van der Waals surface area (Å²) in [4.78, 5) is 127. The van der Waals surface area contributed by atoms with Crippen LogP contribution in [0.3, 0.4) is 0 Å². The Hall–Kier alpha value is -8.24. The molecule has 0 radical (unpaired) electrons. The van der Waals surface area contributed by atoms with E-state index < -0.39 is 94.8 Å². The Morgan fingerprint density at radius 2 is 0.566 bits per heavy atom. The number of carbonyl (C=O) groups excluding carboxylic acids is 10. The summed E-state index contributed by atoms with van der Waals surface area (Å²) in [6.07, 6.45) is -5.87. The fraction of sp³-hybridized carbons (Fsp3) is 0.472. The van der Waals surface area contributed by atoms with Gasteiger partial charge in [0.1, 0.15) is 47.0 Å². The van der Waals surface area contributed by atoms with Gasteiger partial charge >= 0.3 is 42.3 Å². The number of hydrogen-bond acceptors (Lipinski definition) is 17. The van der Waals surface area contributed by atoms with Crippen molar-refractivity contribution in [1.29, 1.82) is 0 Å². The number of rotatable bonds is 21. The predicted molar refractivity (Wildman–Crippen MR) is 274 cm³/mol. The highest BCUT2D eigenvalue weighted by Crippen LogP contribution is 2.14. The summed E-state index contributed by atoms with van der Waals surface area (Å²) in [7, 11) is 0. The summed E-state index contributed by atoms with van der Waals surface area (Å²) >= 11 is 0. The summed E-state index contributed by atoms with van der Waals surface area (Å²) in [6.45, 7) is 18.5. The van der Waals surface area contributed by atoms with Crippen LogP contribution in [0.4, 0.5) is 19.2 Å². The fourth-order valence-electron chi connectivity index (χ4n) is 6.00. The molecular formula is C53H70N6O17. The first-order valence-corrected chi connectivity index (χ1v) is 24.1. The van der Waals surface area contributed by atoms with Crippen molar-refractivity contribution in [3.05, 3.63) is 106 Å². The van der Waals surface area contributed by atoms with E-state index in [1.807, 2.05) is 0 Å². The van der Waals surface area contributed by atoms with Crippen LogP contribution < -0.4 is 31.9 Å². The lowest BCUT2D eigenvalue weighted by molar-refractivity contribution is 0.0221. The van der Waals surface area contributed by atoms with Crippen molar-refractivity contribution in [2.45, 2.75) is 124 Å². The van der Waals surface area contributed by atoms with Crippen LogP contribution in [-0.2, 0) is 33.2 Å². The largest absolute Gasteiger partial charge is 0.455 e. The molecule has 76 heavy (non-hydrogen) atoms. The van der Waals surface area contributed by atoms with Crippen molar-refractivity contribution in [2.24, 2.45) is 0 Å². The molecule has 0 atom stereocenters. The number of benzene rings is 3. The molecule has 3 aromatic carbocycles. The first-order chi connectivity index (χ1) is 35.3. The average molecular weight is 1060 g/mol. The van der Waals surface area contributed by atoms with Gasteiger partial charge in [0.25, 0.3) is 11.8 Å². The Morgan fingerprint density at radius 1 is 0.355 bits per heavy atom. The zero-order valence-corrected chi connectivity index (χ0v) is 44.9. The molecule has 0 bridgehead atoms. The van der Waals surface area contributed by atoms with E-state index in [9.17, 15) is 47.9 Å². The normalized spacial score (nSPS) is 11.6. The van der Waals surface area contributed by atoms with Crippen LogP contribution in [0.25, 0.3) is 0 Å². The van der Waals surface area contributed by atoms with E-state index in [-0.39, 0.29) is 67.1 Å². The van der Waals surface area contributed by atoms with Gasteiger partial charge in [-0.05, 0) is 144 Å². The van der Waals surface area contributed by atoms with Gasteiger partial charge in [0.2, 0.25) is 0 Å². The van der Waals surface area contributed by atoms with Crippen LogP contribution in [0.1, 0.15) is 145 Å². The van der Waals surface area contributed by atoms with Crippen LogP contribution in [0.2, 0.25) is 0 Å². The van der Waals surface area contributed by atoms with E-state index >= 15 is 0 Å². The first-order valence-electron chi connectivity index (χ1n) is 24.1. The number of carbonyl (C=O) groups is 10. The molecule has 0 aromatic heterocycles. The molecule has 3 rings (SSSR count). The number of hydrogen-bond donors (Lipinski definition) is 6. The Balaban J connectivity index is 1.71. The number of aldehydes is 1. The summed E-state index contributed by atoms with van der Waals surface area (Å²) in [5, 5.41) is 15.3. The van der Waals surface area contributed by atoms with Crippen LogP contribution in [0.5, 0.6) is 0 Å². The van der Waals surface area contributed by atoms with E-state index in [4.69, 9.17) is 33.2 Å². The SMILES string of the molecule is CC(C)(C)OC(=O)NCC(CNC(=O)OC(C)(C)C)OC(=O)c1ccc(C(=O)NCC(CNC(=O)c2ccc(C(=O)OC(CNC(=O)OC(C)(C)C)CNC(=O)OC(C)(C)C)cc2)OC(=O)c2ccc(C=O)cc2)cc1. The zero-order chi connectivity index (χ0) is 57.0. The molecule has 6 N–H and O–H groups in total. The Morgan fingerprint density at radius 3 is 0.789 bits per heavy atom. The monoisotopic (exact) mass is 1060 g/mol. The van der Waals surface area contributed by atoms with E-state index in [2.05, 4.69) is 31.9 Å². The molecule has 0 saturated heterocycles. The minimum Gasteiger partial charge on any atom is -0.455 e. The van der Waals surface area contributed by atoms with Gasteiger partial charge in [-0.3, -0.25) is 14.4 Å². The second kappa shape index (κ2) is 27.9. The standard InChI is InChI=1S/C53H70N6O17/c1-50(2,3)73-46(66)56-27-39(28-57-47(67)74-51(4,5)6)71-44(64)36-21-17-33(18-22-36)41(61)54-25-38(70-43(63)35-15-13-32(31-60)14-16-35)26-55-42(62)34-19-23-37(24-20-34)45(65)72-40(29-58-48(68)75-52(7,8)9)30-59-49(69)76-53(10,11)12/h13-24,31,38-40H,25-30H2,1-12H3,(H,54,61)(H,55,62)(H,56,66)(H,57,67)(H,58,68)(H,59,69). The second-order valence-corrected chi connectivity index (χ2v) is 20.9. The zero-order valence-electron chi connectivity index (χ0n) is 44.9. The summed E-state index contributed by atoms with van der Waals surface area (Å²) in [5.74, 6) is -3.85. The van der Waals surface area contributed by atoms with Gasteiger partial charge in [0, 0.05) is 16.7 Å². The second-order valence-electron chi connectivity index (χ2n) is 20.9. The molecule has 0 fully saturated rings. The van der Waals surface area contributed by atoms with Crippen LogP contribution >= 0.6 is 0 Å². The smallest absolute Gasteiger partial charge is 0.407 e. The van der Waals surface area contributed by atoms with Gasteiger partial charge in [0.15, 0.2) is 0 Å². The Kier molecular flexibility index (Phi) is 22.8. The van der Waals surface area contributed by atoms with Gasteiger partial charge in [-0.1, -0.05) is 12.1 Å². The molecule has 6 amide bonds. The van der Waals surface area contributed by atoms with E-state index in [1.54, 1.807) is 83.1 Å². The van der Waals surface area contributed by atoms with Gasteiger partial charge in [0.05, 0.1) is 56.0 Å². The lowest BCUT2D eigenvalue weighted by Crippen LogP contribution is -2.44. The van der Waals surface area contributed by atoms with Crippen LogP contribution in [-0.4, -0.2) is 140 Å². The number of nitrogens with one attached hydrogen (secondary N) is 6. The molecule has 0 aliphatic carbocycles. The third kappa shape index (κ3) is 24.7. The highest BCUT2D eigenvalue weighted by molar-refractivity contribution is 5.97. The van der Waals surface area contributed by atoms with Gasteiger partial charge in [-0.15, -0.1) is 0 Å². The quantitative estimate of drug-likeness (QED) is 0.0403. The van der Waals surface area contributed by atoms with E-state index in [0.717, 1.165) is 0 Å². The van der Waals surface area contributed by atoms with E-state index in [0.29, 0.717) is 11.8 Å². The predicted octanol–water partition coefficient (Wildman–Crippen LogP) is 6.03. The third-order valence-corrected chi connectivity index (χ3v) is 9.34. The first kappa shape index (κ1) is 62.1. The van der Waals surface area contributed by atoms with Crippen LogP contribution in [0, 0.1) is 0 Å². The molecule has 0 unspecified atom stereocenters. The number of alkyl carbamates (subject to hydrolysis) is 4. The van der Waals surface area contributed by atoms with Crippen molar-refractivity contribution in [2.75, 3.05) is 39.3 Å². The lowest BCUT2D eigenvalue weighted by atomic mass is 10.1. The van der Waals surface area contributed by atoms with Crippen molar-refractivity contribution in [3.8, 4) is 0 Å². The minimum absolute atomic E-state index is 0.0144. The Bertz CT molecular complexity index is 2300. The topological polar surface area (TPSA) is 307 Å². The molecule has 23 nitrogen and oxygen atoms in total. The van der Waals surface area contributed by atoms with Crippen LogP contribution in [0.15, 0.2) is 72.8 Å². The maximum absolute atomic E-state index is 13.4. The molecule has 23 heteroatoms. The maximum atomic E-state index is 13.4. The molecule has 0 spiro atoms. The van der Waals surface area contributed by atoms with Crippen molar-refractivity contribution >= 4 is 60.4 Å². The average Bonchev–Trinajstić information content (AvgIpc) is 3.31. The molecule has 0 heterocycles. The molecule has 0 aliphatic rings. The number of amides is 6. The van der Waals surface area contributed by atoms with Crippen molar-refractivity contribution < 1.29 is 81.1 Å². The minimum atomic E-state index is -1.17. The molecule has 0 aliphatic heterocycles. The number of esters is 3. The molecule has 3 aromatic rings. The highest BCUT2D eigenvalue weighted by atomic mass is 16.6. The van der Waals surface area contributed by atoms with Crippen molar-refractivity contribution in [3.63, 3.8) is 0 Å². The summed E-state index contributed by atoms with van der Waals surface area (Å²) in [6, 6.07) is 16.1. The van der Waals surface area contributed by atoms with Gasteiger partial charge < -0.3 is 65.1 Å². The maximum Gasteiger partial charge on any atom is 0.407 e. The summed E-state index contributed by atoms with van der Waals surface area (Å²) < 4.78 is 37.9. The molecule has 414 valence electrons. The van der Waals surface area contributed by atoms with Crippen molar-refractivity contribution in [1.82, 2.24) is 31.9 Å². The highest BCUT2D eigenvalue weighted by Gasteiger charge is 2.26.